The van der Waals surface area contributed by atoms with Gasteiger partial charge >= 0.3 is 0 Å². The van der Waals surface area contributed by atoms with Crippen LogP contribution in [0.4, 0.5) is 0 Å². The molecule has 1 amide bonds. The summed E-state index contributed by atoms with van der Waals surface area (Å²) in [4.78, 5) is 18.7. The molecule has 0 atom stereocenters. The van der Waals surface area contributed by atoms with Crippen LogP contribution in [0.25, 0.3) is 0 Å². The predicted octanol–water partition coefficient (Wildman–Crippen LogP) is 3.04. The van der Waals surface area contributed by atoms with E-state index in [0.29, 0.717) is 24.8 Å². The van der Waals surface area contributed by atoms with Crippen LogP contribution in [0, 0.1) is 11.8 Å². The first-order valence-corrected chi connectivity index (χ1v) is 10.5. The van der Waals surface area contributed by atoms with Gasteiger partial charge < -0.3 is 20.3 Å². The highest BCUT2D eigenvalue weighted by Crippen LogP contribution is 2.21. The lowest BCUT2D eigenvalue weighted by Crippen LogP contribution is -2.46. The highest BCUT2D eigenvalue weighted by Gasteiger charge is 2.23. The molecule has 0 aliphatic carbocycles. The molecule has 0 spiro atoms. The Balaban J connectivity index is 1.89. The number of guanidine groups is 1. The van der Waals surface area contributed by atoms with Crippen LogP contribution in [-0.2, 0) is 11.3 Å². The molecule has 0 aromatic heterocycles. The minimum atomic E-state index is 0.139. The Hall–Kier alpha value is -2.24. The third-order valence-electron chi connectivity index (χ3n) is 4.92. The standard InChI is InChI=1S/C22H36N4O2/c1-5-24-22(26-12-10-18(11-13-26)14-21(27)23-4)25-15-19-6-8-20(9-7-19)28-16-17(2)3/h6-9,17-18H,5,10-16H2,1-4H3,(H,23,27)(H,24,25). The number of amides is 1. The summed E-state index contributed by atoms with van der Waals surface area (Å²) in [6.45, 7) is 10.5. The molecule has 1 aromatic rings. The van der Waals surface area contributed by atoms with E-state index in [9.17, 15) is 4.79 Å². The van der Waals surface area contributed by atoms with E-state index < -0.39 is 0 Å². The Morgan fingerprint density at radius 3 is 2.50 bits per heavy atom. The van der Waals surface area contributed by atoms with Gasteiger partial charge in [-0.05, 0) is 49.3 Å². The number of nitrogens with zero attached hydrogens (tertiary/aromatic N) is 2. The Morgan fingerprint density at radius 2 is 1.93 bits per heavy atom. The quantitative estimate of drug-likeness (QED) is 0.531. The second-order valence-electron chi connectivity index (χ2n) is 7.83. The largest absolute Gasteiger partial charge is 0.493 e. The van der Waals surface area contributed by atoms with Gasteiger partial charge in [-0.2, -0.15) is 0 Å². The number of rotatable bonds is 8. The van der Waals surface area contributed by atoms with Crippen molar-refractivity contribution in [2.45, 2.75) is 46.6 Å². The van der Waals surface area contributed by atoms with Crippen LogP contribution in [0.15, 0.2) is 29.3 Å². The molecule has 1 fully saturated rings. The first kappa shape index (κ1) is 22.1. The third-order valence-corrected chi connectivity index (χ3v) is 4.92. The van der Waals surface area contributed by atoms with Gasteiger partial charge in [-0.3, -0.25) is 4.79 Å². The molecule has 1 aromatic carbocycles. The Bertz CT molecular complexity index is 620. The maximum Gasteiger partial charge on any atom is 0.220 e. The van der Waals surface area contributed by atoms with Crippen LogP contribution < -0.4 is 15.4 Å². The van der Waals surface area contributed by atoms with Gasteiger partial charge in [-0.15, -0.1) is 0 Å². The number of likely N-dealkylation sites (tertiary alicyclic amines) is 1. The van der Waals surface area contributed by atoms with Crippen LogP contribution in [-0.4, -0.2) is 50.1 Å². The summed E-state index contributed by atoms with van der Waals surface area (Å²) >= 11 is 0. The number of carbonyl (C=O) groups excluding carboxylic acids is 1. The van der Waals surface area contributed by atoms with Gasteiger partial charge in [0.2, 0.25) is 5.91 Å². The summed E-state index contributed by atoms with van der Waals surface area (Å²) in [5.74, 6) is 3.00. The van der Waals surface area contributed by atoms with Crippen LogP contribution in [0.5, 0.6) is 5.75 Å². The van der Waals surface area contributed by atoms with Gasteiger partial charge in [0.1, 0.15) is 5.75 Å². The fourth-order valence-corrected chi connectivity index (χ4v) is 3.26. The van der Waals surface area contributed by atoms with E-state index in [4.69, 9.17) is 9.73 Å². The summed E-state index contributed by atoms with van der Waals surface area (Å²) in [5.41, 5.74) is 1.17. The molecule has 1 aliphatic rings. The molecule has 6 heteroatoms. The van der Waals surface area contributed by atoms with E-state index >= 15 is 0 Å². The fourth-order valence-electron chi connectivity index (χ4n) is 3.26. The molecular weight excluding hydrogens is 352 g/mol. The summed E-state index contributed by atoms with van der Waals surface area (Å²) in [6, 6.07) is 8.20. The molecule has 0 bridgehead atoms. The molecule has 1 aliphatic heterocycles. The van der Waals surface area contributed by atoms with Gasteiger partial charge in [0.25, 0.3) is 0 Å². The topological polar surface area (TPSA) is 66.0 Å². The Labute approximate surface area is 169 Å². The number of aliphatic imine (C=N–C) groups is 1. The van der Waals surface area contributed by atoms with Crippen molar-refractivity contribution in [1.82, 2.24) is 15.5 Å². The summed E-state index contributed by atoms with van der Waals surface area (Å²) in [5, 5.41) is 6.13. The molecule has 1 heterocycles. The lowest BCUT2D eigenvalue weighted by molar-refractivity contribution is -0.121. The van der Waals surface area contributed by atoms with Crippen LogP contribution in [0.3, 0.4) is 0 Å². The monoisotopic (exact) mass is 388 g/mol. The average Bonchev–Trinajstić information content (AvgIpc) is 2.71. The summed E-state index contributed by atoms with van der Waals surface area (Å²) in [7, 11) is 1.70. The van der Waals surface area contributed by atoms with E-state index in [1.54, 1.807) is 7.05 Å². The zero-order valence-electron chi connectivity index (χ0n) is 17.8. The van der Waals surface area contributed by atoms with Gasteiger partial charge in [-0.25, -0.2) is 4.99 Å². The zero-order valence-corrected chi connectivity index (χ0v) is 17.8. The van der Waals surface area contributed by atoms with Crippen molar-refractivity contribution in [1.29, 1.82) is 0 Å². The minimum absolute atomic E-state index is 0.139. The first-order valence-electron chi connectivity index (χ1n) is 10.5. The lowest BCUT2D eigenvalue weighted by atomic mass is 9.93. The van der Waals surface area contributed by atoms with Gasteiger partial charge in [0, 0.05) is 33.1 Å². The lowest BCUT2D eigenvalue weighted by Gasteiger charge is -2.34. The number of nitrogens with one attached hydrogen (secondary N) is 2. The molecule has 28 heavy (non-hydrogen) atoms. The predicted molar refractivity (Wildman–Crippen MR) is 115 cm³/mol. The zero-order chi connectivity index (χ0) is 20.4. The van der Waals surface area contributed by atoms with E-state index in [1.807, 2.05) is 12.1 Å². The van der Waals surface area contributed by atoms with Gasteiger partial charge in [0.15, 0.2) is 5.96 Å². The van der Waals surface area contributed by atoms with Crippen LogP contribution in [0.1, 0.15) is 45.6 Å². The maximum atomic E-state index is 11.6. The maximum absolute atomic E-state index is 11.6. The summed E-state index contributed by atoms with van der Waals surface area (Å²) in [6.07, 6.45) is 2.68. The molecule has 156 valence electrons. The van der Waals surface area contributed by atoms with Crippen molar-refractivity contribution in [3.63, 3.8) is 0 Å². The van der Waals surface area contributed by atoms with Crippen molar-refractivity contribution in [3.8, 4) is 5.75 Å². The molecule has 2 rings (SSSR count). The molecule has 2 N–H and O–H groups in total. The number of hydrogen-bond donors (Lipinski definition) is 2. The van der Waals surface area contributed by atoms with Crippen molar-refractivity contribution in [3.05, 3.63) is 29.8 Å². The van der Waals surface area contributed by atoms with Crippen LogP contribution in [0.2, 0.25) is 0 Å². The third kappa shape index (κ3) is 7.41. The van der Waals surface area contributed by atoms with E-state index in [-0.39, 0.29) is 5.91 Å². The SMILES string of the molecule is CCNC(=NCc1ccc(OCC(C)C)cc1)N1CCC(CC(=O)NC)CC1. The smallest absolute Gasteiger partial charge is 0.220 e. The van der Waals surface area contributed by atoms with E-state index in [1.165, 1.54) is 5.56 Å². The molecule has 1 saturated heterocycles. The van der Waals surface area contributed by atoms with Crippen molar-refractivity contribution >= 4 is 11.9 Å². The molecule has 0 radical (unpaired) electrons. The Kier molecular flexibility index (Phi) is 9.11. The fraction of sp³-hybridized carbons (Fsp3) is 0.636. The number of carbonyl (C=O) groups is 1. The average molecular weight is 389 g/mol. The number of benzene rings is 1. The molecule has 6 nitrogen and oxygen atoms in total. The van der Waals surface area contributed by atoms with Crippen LogP contribution >= 0.6 is 0 Å². The van der Waals surface area contributed by atoms with Gasteiger partial charge in [-0.1, -0.05) is 26.0 Å². The molecule has 0 unspecified atom stereocenters. The second-order valence-corrected chi connectivity index (χ2v) is 7.83. The van der Waals surface area contributed by atoms with Gasteiger partial charge in [0.05, 0.1) is 13.2 Å². The highest BCUT2D eigenvalue weighted by atomic mass is 16.5. The van der Waals surface area contributed by atoms with E-state index in [0.717, 1.165) is 50.8 Å². The molecular formula is C22H36N4O2. The number of ether oxygens (including phenoxy) is 1. The van der Waals surface area contributed by atoms with Crippen molar-refractivity contribution < 1.29 is 9.53 Å². The number of piperidine rings is 1. The van der Waals surface area contributed by atoms with Crippen molar-refractivity contribution in [2.75, 3.05) is 33.3 Å². The Morgan fingerprint density at radius 1 is 1.25 bits per heavy atom. The normalized spacial score (nSPS) is 15.6. The molecule has 0 saturated carbocycles. The minimum Gasteiger partial charge on any atom is -0.493 e. The van der Waals surface area contributed by atoms with E-state index in [2.05, 4.69) is 48.4 Å². The summed E-state index contributed by atoms with van der Waals surface area (Å²) < 4.78 is 5.74. The number of hydrogen-bond acceptors (Lipinski definition) is 3. The highest BCUT2D eigenvalue weighted by molar-refractivity contribution is 5.80. The second kappa shape index (κ2) is 11.6. The van der Waals surface area contributed by atoms with Crippen molar-refractivity contribution in [2.24, 2.45) is 16.8 Å². The first-order chi connectivity index (χ1) is 13.5.